The fourth-order valence-electron chi connectivity index (χ4n) is 0. The molecule has 0 heterocycles. The van der Waals surface area contributed by atoms with Crippen LogP contribution < -0.4 is 0 Å². The second-order valence-electron chi connectivity index (χ2n) is 0.807. The molecule has 0 saturated heterocycles. The normalized spacial score (nSPS) is 7.20. The van der Waals surface area contributed by atoms with E-state index in [4.69, 9.17) is 38.5 Å². The molecule has 0 saturated carbocycles. The minimum atomic E-state index is -2.11. The van der Waals surface area contributed by atoms with Gasteiger partial charge in [-0.1, -0.05) is 0 Å². The second kappa shape index (κ2) is 22.4. The second-order valence-corrected chi connectivity index (χ2v) is 13.5. The molecule has 0 aliphatic heterocycles. The van der Waals surface area contributed by atoms with Gasteiger partial charge in [0.1, 0.15) is 0 Å². The molecule has 2 nitrogen and oxygen atoms in total. The van der Waals surface area contributed by atoms with Gasteiger partial charge in [-0.25, -0.2) is 0 Å². The van der Waals surface area contributed by atoms with E-state index in [2.05, 4.69) is 0 Å². The van der Waals surface area contributed by atoms with E-state index < -0.39 is 14.2 Å². The number of rotatable bonds is 0. The molecule has 2 N–H and O–H groups in total. The summed E-state index contributed by atoms with van der Waals surface area (Å²) in [6.07, 6.45) is 0. The molecule has 0 aromatic heterocycles. The average Bonchev–Trinajstić information content (AvgIpc) is 1.65. The summed E-state index contributed by atoms with van der Waals surface area (Å²) in [4.78, 5) is 0. The van der Waals surface area contributed by atoms with E-state index in [9.17, 15) is 0 Å². The summed E-state index contributed by atoms with van der Waals surface area (Å²) in [5.74, 6) is 0. The third-order valence-electron chi connectivity index (χ3n) is 0. The van der Waals surface area contributed by atoms with Crippen LogP contribution in [0.25, 0.3) is 0 Å². The maximum atomic E-state index is 7.57. The zero-order valence-electron chi connectivity index (χ0n) is 5.85. The van der Waals surface area contributed by atoms with Gasteiger partial charge >= 0.3 is 42.4 Å². The van der Waals surface area contributed by atoms with Gasteiger partial charge in [-0.2, -0.15) is 0 Å². The summed E-state index contributed by atoms with van der Waals surface area (Å²) in [7, 11) is 15.0. The van der Waals surface area contributed by atoms with Gasteiger partial charge in [0.15, 0.2) is 0 Å². The topological polar surface area (TPSA) is 40.5 Å². The van der Waals surface area contributed by atoms with E-state index in [1.54, 1.807) is 13.8 Å². The van der Waals surface area contributed by atoms with Gasteiger partial charge in [-0.3, -0.25) is 0 Å². The summed E-state index contributed by atoms with van der Waals surface area (Å²) >= 11 is -2.11. The minimum absolute atomic E-state index is 0.250. The molecular weight excluding hydrogens is 370 g/mol. The van der Waals surface area contributed by atoms with Crippen molar-refractivity contribution in [3.63, 3.8) is 0 Å². The molecule has 0 bridgehead atoms. The maximum absolute atomic E-state index is 7.57. The first-order valence-corrected chi connectivity index (χ1v) is 13.4. The van der Waals surface area contributed by atoms with Crippen LogP contribution in [-0.2, 0) is 14.2 Å². The third-order valence-corrected chi connectivity index (χ3v) is 0. The van der Waals surface area contributed by atoms with Crippen molar-refractivity contribution in [1.29, 1.82) is 0 Å². The van der Waals surface area contributed by atoms with Gasteiger partial charge in [0.25, 0.3) is 0 Å². The van der Waals surface area contributed by atoms with E-state index in [-0.39, 0.29) is 13.2 Å². The Hall–Kier alpha value is 1.48. The van der Waals surface area contributed by atoms with Crippen molar-refractivity contribution in [2.75, 3.05) is 13.2 Å². The van der Waals surface area contributed by atoms with Crippen molar-refractivity contribution >= 4 is 28.3 Å². The quantitative estimate of drug-likeness (QED) is 0.674. The summed E-state index contributed by atoms with van der Waals surface area (Å²) < 4.78 is 0. The fraction of sp³-hybridized carbons (Fsp3) is 1.00. The first-order chi connectivity index (χ1) is 4.56. The summed E-state index contributed by atoms with van der Waals surface area (Å²) in [5, 5.41) is 15.1. The predicted molar refractivity (Wildman–Crippen MR) is 43.1 cm³/mol. The summed E-state index contributed by atoms with van der Waals surface area (Å²) in [6.45, 7) is 3.86. The Balaban J connectivity index is -0.0000000750. The van der Waals surface area contributed by atoms with Crippen LogP contribution in [0.1, 0.15) is 13.8 Å². The molecule has 0 atom stereocenters. The molecule has 67 valence electrons. The fourth-order valence-corrected chi connectivity index (χ4v) is 0. The number of aliphatic hydroxyl groups excluding tert-OH is 2. The first kappa shape index (κ1) is 17.5. The van der Waals surface area contributed by atoms with E-state index >= 15 is 0 Å². The molecule has 0 aromatic carbocycles. The molecule has 0 aliphatic rings. The van der Waals surface area contributed by atoms with Crippen LogP contribution in [-0.4, -0.2) is 23.4 Å². The van der Waals surface area contributed by atoms with Crippen LogP contribution in [0.2, 0.25) is 0 Å². The standard InChI is InChI=1S/2C2H6O.3ClH.W/c2*1-2-3;;;;/h2*3H,2H2,1H3;3*1H;/q;;;;;+3/p-3. The third kappa shape index (κ3) is 312. The first-order valence-electron chi connectivity index (χ1n) is 2.51. The number of halogens is 3. The van der Waals surface area contributed by atoms with Crippen LogP contribution >= 0.6 is 28.3 Å². The Morgan fingerprint density at radius 1 is 1.00 bits per heavy atom. The van der Waals surface area contributed by atoms with Crippen LogP contribution in [0.15, 0.2) is 0 Å². The van der Waals surface area contributed by atoms with E-state index in [1.807, 2.05) is 0 Å². The van der Waals surface area contributed by atoms with E-state index in [1.165, 1.54) is 0 Å². The van der Waals surface area contributed by atoms with Gasteiger partial charge in [-0.15, -0.1) is 0 Å². The molecule has 0 unspecified atom stereocenters. The molecule has 0 fully saturated rings. The monoisotopic (exact) mass is 381 g/mol. The van der Waals surface area contributed by atoms with E-state index in [0.717, 1.165) is 0 Å². The van der Waals surface area contributed by atoms with Crippen molar-refractivity contribution < 1.29 is 24.4 Å². The molecular formula is C4H12Cl3O2W. The van der Waals surface area contributed by atoms with Crippen LogP contribution in [0, 0.1) is 0 Å². The Kier molecular flexibility index (Phi) is 39.3. The van der Waals surface area contributed by atoms with Crippen molar-refractivity contribution in [3.8, 4) is 0 Å². The Bertz CT molecular complexity index is 34.9. The zero-order valence-corrected chi connectivity index (χ0v) is 11.1. The summed E-state index contributed by atoms with van der Waals surface area (Å²) in [5.41, 5.74) is 0. The number of hydrogen-bond acceptors (Lipinski definition) is 2. The Labute approximate surface area is 79.4 Å². The molecule has 6 heteroatoms. The van der Waals surface area contributed by atoms with Gasteiger partial charge < -0.3 is 10.2 Å². The zero-order chi connectivity index (χ0) is 8.99. The van der Waals surface area contributed by atoms with Crippen molar-refractivity contribution in [2.45, 2.75) is 13.8 Å². The van der Waals surface area contributed by atoms with Crippen molar-refractivity contribution in [1.82, 2.24) is 0 Å². The summed E-state index contributed by atoms with van der Waals surface area (Å²) in [6, 6.07) is 0. The van der Waals surface area contributed by atoms with Gasteiger partial charge in [-0.05, 0) is 13.8 Å². The Morgan fingerprint density at radius 2 is 1.00 bits per heavy atom. The van der Waals surface area contributed by atoms with Gasteiger partial charge in [0, 0.05) is 13.2 Å². The SMILES string of the molecule is CCO.CCO.[Cl][W]([Cl])[Cl]. The van der Waals surface area contributed by atoms with Crippen LogP contribution in [0.5, 0.6) is 0 Å². The van der Waals surface area contributed by atoms with Gasteiger partial charge in [0.05, 0.1) is 0 Å². The van der Waals surface area contributed by atoms with Crippen molar-refractivity contribution in [3.05, 3.63) is 0 Å². The molecule has 10 heavy (non-hydrogen) atoms. The molecule has 0 rings (SSSR count). The molecule has 0 aromatic rings. The number of hydrogen-bond donors (Lipinski definition) is 2. The molecule has 0 amide bonds. The molecule has 0 aliphatic carbocycles. The Morgan fingerprint density at radius 3 is 1.00 bits per heavy atom. The molecule has 0 radical (unpaired) electrons. The van der Waals surface area contributed by atoms with Gasteiger partial charge in [0.2, 0.25) is 0 Å². The van der Waals surface area contributed by atoms with Crippen molar-refractivity contribution in [2.24, 2.45) is 0 Å². The number of aliphatic hydroxyl groups is 2. The predicted octanol–water partition coefficient (Wildman–Crippen LogP) is 2.06. The van der Waals surface area contributed by atoms with E-state index in [0.29, 0.717) is 0 Å². The van der Waals surface area contributed by atoms with Crippen LogP contribution in [0.3, 0.4) is 0 Å². The average molecular weight is 382 g/mol. The van der Waals surface area contributed by atoms with Crippen LogP contribution in [0.4, 0.5) is 0 Å². The molecule has 0 spiro atoms.